The normalized spacial score (nSPS) is 14.3. The number of para-hydroxylation sites is 1. The number of carbonyl (C=O) groups is 1. The molecule has 2 heterocycles. The lowest BCUT2D eigenvalue weighted by molar-refractivity contribution is -0.759. The molecule has 3 aromatic rings. The first-order chi connectivity index (χ1) is 15.6. The van der Waals surface area contributed by atoms with E-state index in [1.54, 1.807) is 40.7 Å². The van der Waals surface area contributed by atoms with Crippen molar-refractivity contribution in [3.63, 3.8) is 0 Å². The molecule has 0 spiro atoms. The van der Waals surface area contributed by atoms with Gasteiger partial charge in [0.25, 0.3) is 6.17 Å². The van der Waals surface area contributed by atoms with Crippen molar-refractivity contribution in [3.05, 3.63) is 70.0 Å². The molecule has 4 rings (SSSR count). The Morgan fingerprint density at radius 1 is 1.09 bits per heavy atom. The molecule has 1 aliphatic rings. The quantitative estimate of drug-likeness (QED) is 0.252. The van der Waals surface area contributed by atoms with Crippen molar-refractivity contribution in [3.8, 4) is 11.3 Å². The van der Waals surface area contributed by atoms with Crippen LogP contribution in [-0.2, 0) is 0 Å². The van der Waals surface area contributed by atoms with Crippen molar-refractivity contribution in [1.82, 2.24) is 10.1 Å². The number of fused-ring (bicyclic) bond motifs is 3. The summed E-state index contributed by atoms with van der Waals surface area (Å²) in [6.07, 6.45) is 5.53. The lowest BCUT2D eigenvalue weighted by Crippen LogP contribution is -2.55. The van der Waals surface area contributed by atoms with Crippen LogP contribution in [0.4, 0.5) is 5.69 Å². The van der Waals surface area contributed by atoms with Crippen molar-refractivity contribution in [2.24, 2.45) is 0 Å². The fraction of sp³-hybridized carbons (Fsp3) is 0.333. The Labute approximate surface area is 190 Å². The Bertz CT molecular complexity index is 1160. The van der Waals surface area contributed by atoms with Crippen LogP contribution in [0.25, 0.3) is 11.3 Å². The summed E-state index contributed by atoms with van der Waals surface area (Å²) >= 11 is 1.56. The average molecular weight is 452 g/mol. The number of carboxylic acid groups (broad SMARTS) is 1. The molecule has 2 aromatic carbocycles. The first-order valence-corrected chi connectivity index (χ1v) is 11.9. The predicted molar refractivity (Wildman–Crippen MR) is 125 cm³/mol. The first kappa shape index (κ1) is 22.1. The zero-order valence-electron chi connectivity index (χ0n) is 18.0. The van der Waals surface area contributed by atoms with Gasteiger partial charge in [0.05, 0.1) is 16.8 Å². The van der Waals surface area contributed by atoms with Crippen LogP contribution in [0, 0.1) is 0 Å². The molecule has 7 nitrogen and oxygen atoms in total. The van der Waals surface area contributed by atoms with Gasteiger partial charge >= 0.3 is 17.2 Å². The summed E-state index contributed by atoms with van der Waals surface area (Å²) in [5, 5.41) is 18.0. The lowest BCUT2D eigenvalue weighted by Gasteiger charge is -2.22. The van der Waals surface area contributed by atoms with Crippen molar-refractivity contribution < 1.29 is 14.6 Å². The molecule has 8 heteroatoms. The molecule has 0 fully saturated rings. The highest BCUT2D eigenvalue weighted by molar-refractivity contribution is 7.99. The number of aromatic carboxylic acids is 1. The number of anilines is 1. The minimum Gasteiger partial charge on any atom is -0.478 e. The Hall–Kier alpha value is -3.13. The second-order valence-corrected chi connectivity index (χ2v) is 8.92. The Morgan fingerprint density at radius 2 is 1.84 bits per heavy atom. The van der Waals surface area contributed by atoms with Gasteiger partial charge in [-0.3, -0.25) is 9.78 Å². The minimum atomic E-state index is -0.973. The van der Waals surface area contributed by atoms with E-state index in [2.05, 4.69) is 17.2 Å². The van der Waals surface area contributed by atoms with Gasteiger partial charge in [0.15, 0.2) is 0 Å². The first-order valence-electron chi connectivity index (χ1n) is 11.0. The third-order valence-electron chi connectivity index (χ3n) is 5.54. The molecule has 0 bridgehead atoms. The smallest absolute Gasteiger partial charge is 0.335 e. The van der Waals surface area contributed by atoms with Crippen molar-refractivity contribution in [2.45, 2.75) is 50.4 Å². The Kier molecular flexibility index (Phi) is 6.90. The molecule has 0 unspecified atom stereocenters. The summed E-state index contributed by atoms with van der Waals surface area (Å²) in [4.78, 5) is 27.3. The number of aromatic nitrogens is 3. The molecule has 0 saturated carbocycles. The highest BCUT2D eigenvalue weighted by Crippen LogP contribution is 2.31. The van der Waals surface area contributed by atoms with E-state index in [0.29, 0.717) is 10.9 Å². The fourth-order valence-corrected chi connectivity index (χ4v) is 4.71. The van der Waals surface area contributed by atoms with Gasteiger partial charge in [0.2, 0.25) is 5.16 Å². The zero-order valence-corrected chi connectivity index (χ0v) is 18.8. The van der Waals surface area contributed by atoms with E-state index < -0.39 is 12.1 Å². The third kappa shape index (κ3) is 4.70. The minimum absolute atomic E-state index is 0.186. The SMILES string of the molecule is CCCCCCCSc1n[n+]2c(c(=O)[nH]1)-c1ccccc1N[C@@H]2c1ccc(C(=O)O)cc1. The maximum atomic E-state index is 13.1. The molecule has 1 aromatic heterocycles. The molecular weight excluding hydrogens is 424 g/mol. The van der Waals surface area contributed by atoms with E-state index in [1.807, 2.05) is 24.3 Å². The molecular formula is C24H27N4O3S+. The van der Waals surface area contributed by atoms with E-state index >= 15 is 0 Å². The summed E-state index contributed by atoms with van der Waals surface area (Å²) in [7, 11) is 0. The largest absolute Gasteiger partial charge is 0.478 e. The van der Waals surface area contributed by atoms with Gasteiger partial charge in [-0.2, -0.15) is 0 Å². The van der Waals surface area contributed by atoms with Gasteiger partial charge in [-0.05, 0) is 47.5 Å². The number of aromatic amines is 1. The number of nitrogens with one attached hydrogen (secondary N) is 2. The number of benzene rings is 2. The molecule has 1 aliphatic heterocycles. The van der Waals surface area contributed by atoms with Gasteiger partial charge in [-0.25, -0.2) is 4.79 Å². The number of thioether (sulfide) groups is 1. The molecule has 0 radical (unpaired) electrons. The van der Waals surface area contributed by atoms with Crippen LogP contribution in [0.1, 0.15) is 61.1 Å². The number of hydrogen-bond donors (Lipinski definition) is 3. The summed E-state index contributed by atoms with van der Waals surface area (Å²) < 4.78 is 1.72. The predicted octanol–water partition coefficient (Wildman–Crippen LogP) is 4.46. The van der Waals surface area contributed by atoms with Crippen LogP contribution in [0.2, 0.25) is 0 Å². The van der Waals surface area contributed by atoms with E-state index in [9.17, 15) is 14.7 Å². The monoisotopic (exact) mass is 451 g/mol. The number of rotatable bonds is 9. The maximum absolute atomic E-state index is 13.1. The van der Waals surface area contributed by atoms with Gasteiger partial charge in [0.1, 0.15) is 0 Å². The average Bonchev–Trinajstić information content (AvgIpc) is 2.80. The third-order valence-corrected chi connectivity index (χ3v) is 6.49. The van der Waals surface area contributed by atoms with E-state index in [0.717, 1.165) is 29.0 Å². The Balaban J connectivity index is 1.67. The topological polar surface area (TPSA) is 99.0 Å². The molecule has 32 heavy (non-hydrogen) atoms. The van der Waals surface area contributed by atoms with Crippen LogP contribution in [0.3, 0.4) is 0 Å². The number of carboxylic acids is 1. The van der Waals surface area contributed by atoms with Gasteiger partial charge in [-0.15, -0.1) is 0 Å². The molecule has 0 aliphatic carbocycles. The number of hydrogen-bond acceptors (Lipinski definition) is 5. The van der Waals surface area contributed by atoms with E-state index in [1.165, 1.54) is 25.7 Å². The highest BCUT2D eigenvalue weighted by Gasteiger charge is 2.37. The fourth-order valence-electron chi connectivity index (χ4n) is 3.86. The molecule has 1 atom stereocenters. The van der Waals surface area contributed by atoms with Crippen molar-refractivity contribution >= 4 is 23.4 Å². The summed E-state index contributed by atoms with van der Waals surface area (Å²) in [5.41, 5.74) is 2.96. The number of H-pyrrole nitrogens is 1. The number of unbranched alkanes of at least 4 members (excludes halogenated alkanes) is 4. The van der Waals surface area contributed by atoms with Gasteiger partial charge < -0.3 is 10.4 Å². The van der Waals surface area contributed by atoms with Crippen LogP contribution >= 0.6 is 11.8 Å². The maximum Gasteiger partial charge on any atom is 0.335 e. The standard InChI is InChI=1S/C24H26N4O3S/c1-2-3-4-5-8-15-32-24-26-22(29)20-18-9-6-7-10-19(18)25-21(28(20)27-24)16-11-13-17(14-12-16)23(30)31/h6-7,9-14,21H,2-5,8,15H2,1H3,(H2,26,27,29,30,31)/p+1/t21-/m0/s1. The van der Waals surface area contributed by atoms with Crippen LogP contribution in [0.15, 0.2) is 58.5 Å². The van der Waals surface area contributed by atoms with Gasteiger partial charge in [-0.1, -0.05) is 56.5 Å². The molecule has 0 amide bonds. The molecule has 3 N–H and O–H groups in total. The lowest BCUT2D eigenvalue weighted by atomic mass is 10.0. The van der Waals surface area contributed by atoms with Crippen LogP contribution in [0.5, 0.6) is 0 Å². The van der Waals surface area contributed by atoms with E-state index in [-0.39, 0.29) is 11.1 Å². The van der Waals surface area contributed by atoms with Crippen molar-refractivity contribution in [1.29, 1.82) is 0 Å². The highest BCUT2D eigenvalue weighted by atomic mass is 32.2. The van der Waals surface area contributed by atoms with Crippen LogP contribution in [-0.4, -0.2) is 26.9 Å². The molecule has 166 valence electrons. The molecule has 0 saturated heterocycles. The summed E-state index contributed by atoms with van der Waals surface area (Å²) in [5.74, 6) is -0.0766. The number of nitrogens with zero attached hydrogens (tertiary/aromatic N) is 2. The second-order valence-electron chi connectivity index (χ2n) is 7.83. The second kappa shape index (κ2) is 9.99. The Morgan fingerprint density at radius 3 is 2.59 bits per heavy atom. The zero-order chi connectivity index (χ0) is 22.5. The van der Waals surface area contributed by atoms with Crippen LogP contribution < -0.4 is 15.6 Å². The summed E-state index contributed by atoms with van der Waals surface area (Å²) in [6.45, 7) is 2.20. The van der Waals surface area contributed by atoms with E-state index in [4.69, 9.17) is 5.10 Å². The van der Waals surface area contributed by atoms with Gasteiger partial charge in [0, 0.05) is 16.4 Å². The van der Waals surface area contributed by atoms with Crippen molar-refractivity contribution in [2.75, 3.05) is 11.1 Å². The summed E-state index contributed by atoms with van der Waals surface area (Å²) in [6, 6.07) is 14.3.